The molecule has 1 heterocycles. The second-order valence-corrected chi connectivity index (χ2v) is 4.72. The van der Waals surface area contributed by atoms with Crippen molar-refractivity contribution in [2.45, 2.75) is 6.54 Å². The highest BCUT2D eigenvalue weighted by Crippen LogP contribution is 2.28. The van der Waals surface area contributed by atoms with Crippen LogP contribution in [0.25, 0.3) is 10.8 Å². The van der Waals surface area contributed by atoms with E-state index in [9.17, 15) is 9.90 Å². The summed E-state index contributed by atoms with van der Waals surface area (Å²) in [7, 11) is 0. The third-order valence-electron chi connectivity index (χ3n) is 3.35. The lowest BCUT2D eigenvalue weighted by Gasteiger charge is -2.09. The Morgan fingerprint density at radius 1 is 1.05 bits per heavy atom. The molecular weight excluding hydrogens is 264 g/mol. The number of aromatic nitrogens is 1. The van der Waals surface area contributed by atoms with Gasteiger partial charge in [-0.2, -0.15) is 0 Å². The molecule has 0 fully saturated rings. The van der Waals surface area contributed by atoms with E-state index in [4.69, 9.17) is 0 Å². The molecule has 4 nitrogen and oxygen atoms in total. The molecule has 0 atom stereocenters. The van der Waals surface area contributed by atoms with Crippen LogP contribution in [0.4, 0.5) is 0 Å². The zero-order valence-corrected chi connectivity index (χ0v) is 11.3. The minimum Gasteiger partial charge on any atom is -0.506 e. The van der Waals surface area contributed by atoms with Gasteiger partial charge < -0.3 is 10.4 Å². The summed E-state index contributed by atoms with van der Waals surface area (Å²) in [6.07, 6.45) is 3.35. The molecule has 0 bridgehead atoms. The van der Waals surface area contributed by atoms with Gasteiger partial charge in [-0.25, -0.2) is 0 Å². The Labute approximate surface area is 122 Å². The number of nitrogens with zero attached hydrogens (tertiary/aromatic N) is 1. The van der Waals surface area contributed by atoms with Crippen LogP contribution in [0.1, 0.15) is 15.9 Å². The molecule has 104 valence electrons. The van der Waals surface area contributed by atoms with E-state index in [1.807, 2.05) is 36.4 Å². The molecule has 21 heavy (non-hydrogen) atoms. The summed E-state index contributed by atoms with van der Waals surface area (Å²) < 4.78 is 0. The monoisotopic (exact) mass is 278 g/mol. The van der Waals surface area contributed by atoms with Gasteiger partial charge in [0.2, 0.25) is 0 Å². The van der Waals surface area contributed by atoms with E-state index in [-0.39, 0.29) is 17.2 Å². The van der Waals surface area contributed by atoms with Crippen molar-refractivity contribution in [3.63, 3.8) is 0 Å². The number of fused-ring (bicyclic) bond motifs is 1. The van der Waals surface area contributed by atoms with Crippen molar-refractivity contribution in [3.05, 3.63) is 72.1 Å². The number of benzene rings is 2. The zero-order chi connectivity index (χ0) is 14.7. The number of phenolic OH excluding ortho intramolecular Hbond substituents is 1. The van der Waals surface area contributed by atoms with Crippen molar-refractivity contribution in [3.8, 4) is 5.75 Å². The first-order valence-corrected chi connectivity index (χ1v) is 6.63. The molecule has 3 rings (SSSR count). The third-order valence-corrected chi connectivity index (χ3v) is 3.35. The van der Waals surface area contributed by atoms with E-state index in [2.05, 4.69) is 10.3 Å². The van der Waals surface area contributed by atoms with Crippen LogP contribution in [-0.2, 0) is 6.54 Å². The predicted octanol–water partition coefficient (Wildman–Crippen LogP) is 2.87. The van der Waals surface area contributed by atoms with E-state index < -0.39 is 0 Å². The minimum atomic E-state index is -0.296. The molecule has 0 radical (unpaired) electrons. The van der Waals surface area contributed by atoms with Gasteiger partial charge in [0.15, 0.2) is 0 Å². The van der Waals surface area contributed by atoms with Crippen LogP contribution in [-0.4, -0.2) is 16.0 Å². The van der Waals surface area contributed by atoms with Gasteiger partial charge in [0.05, 0.1) is 5.56 Å². The maximum absolute atomic E-state index is 12.2. The van der Waals surface area contributed by atoms with Crippen LogP contribution >= 0.6 is 0 Å². The van der Waals surface area contributed by atoms with Gasteiger partial charge in [0.1, 0.15) is 5.75 Å². The fourth-order valence-corrected chi connectivity index (χ4v) is 2.22. The molecule has 1 aromatic heterocycles. The van der Waals surface area contributed by atoms with Crippen LogP contribution in [0.3, 0.4) is 0 Å². The van der Waals surface area contributed by atoms with Gasteiger partial charge in [0.25, 0.3) is 5.91 Å². The lowest BCUT2D eigenvalue weighted by molar-refractivity contribution is 0.0948. The van der Waals surface area contributed by atoms with Crippen LogP contribution in [0.2, 0.25) is 0 Å². The summed E-state index contributed by atoms with van der Waals surface area (Å²) in [5.41, 5.74) is 1.24. The topological polar surface area (TPSA) is 62.2 Å². The van der Waals surface area contributed by atoms with Crippen LogP contribution in [0.15, 0.2) is 60.9 Å². The number of nitrogens with one attached hydrogen (secondary N) is 1. The molecule has 0 spiro atoms. The first-order chi connectivity index (χ1) is 10.3. The molecule has 0 saturated carbocycles. The highest BCUT2D eigenvalue weighted by molar-refractivity contribution is 6.03. The molecule has 2 aromatic carbocycles. The maximum Gasteiger partial charge on any atom is 0.255 e. The number of rotatable bonds is 3. The number of carbonyl (C=O) groups is 1. The summed E-state index contributed by atoms with van der Waals surface area (Å²) in [5, 5.41) is 14.6. The van der Waals surface area contributed by atoms with Crippen molar-refractivity contribution < 1.29 is 9.90 Å². The number of carbonyl (C=O) groups excluding carboxylic acids is 1. The molecule has 0 unspecified atom stereocenters. The maximum atomic E-state index is 12.2. The summed E-state index contributed by atoms with van der Waals surface area (Å²) >= 11 is 0. The largest absolute Gasteiger partial charge is 0.506 e. The van der Waals surface area contributed by atoms with E-state index >= 15 is 0 Å². The first kappa shape index (κ1) is 13.1. The fraction of sp³-hybridized carbons (Fsp3) is 0.0588. The van der Waals surface area contributed by atoms with Gasteiger partial charge in [-0.05, 0) is 29.1 Å². The van der Waals surface area contributed by atoms with Gasteiger partial charge in [-0.15, -0.1) is 0 Å². The Bertz CT molecular complexity index is 785. The number of aromatic hydroxyl groups is 1. The molecular formula is C17H14N2O2. The van der Waals surface area contributed by atoms with Crippen molar-refractivity contribution in [1.82, 2.24) is 10.3 Å². The average Bonchev–Trinajstić information content (AvgIpc) is 2.54. The number of phenols is 1. The van der Waals surface area contributed by atoms with Gasteiger partial charge >= 0.3 is 0 Å². The van der Waals surface area contributed by atoms with E-state index in [1.54, 1.807) is 24.5 Å². The molecule has 2 N–H and O–H groups in total. The Balaban J connectivity index is 1.83. The van der Waals surface area contributed by atoms with E-state index in [1.165, 1.54) is 0 Å². The number of amides is 1. The number of pyridine rings is 1. The van der Waals surface area contributed by atoms with Gasteiger partial charge in [-0.1, -0.05) is 30.3 Å². The first-order valence-electron chi connectivity index (χ1n) is 6.63. The summed E-state index contributed by atoms with van der Waals surface area (Å²) in [4.78, 5) is 16.1. The van der Waals surface area contributed by atoms with Crippen LogP contribution in [0, 0.1) is 0 Å². The number of hydrogen-bond donors (Lipinski definition) is 2. The van der Waals surface area contributed by atoms with Crippen molar-refractivity contribution in [2.24, 2.45) is 0 Å². The van der Waals surface area contributed by atoms with Crippen LogP contribution < -0.4 is 5.32 Å². The molecule has 0 aliphatic rings. The molecule has 4 heteroatoms. The second kappa shape index (κ2) is 5.63. The molecule has 1 amide bonds. The Morgan fingerprint density at radius 2 is 1.81 bits per heavy atom. The molecule has 0 aliphatic heterocycles. The highest BCUT2D eigenvalue weighted by atomic mass is 16.3. The van der Waals surface area contributed by atoms with Crippen molar-refractivity contribution in [2.75, 3.05) is 0 Å². The van der Waals surface area contributed by atoms with E-state index in [0.717, 1.165) is 10.9 Å². The van der Waals surface area contributed by atoms with Gasteiger partial charge in [-0.3, -0.25) is 9.78 Å². The summed E-state index contributed by atoms with van der Waals surface area (Å²) in [6, 6.07) is 14.6. The van der Waals surface area contributed by atoms with Crippen molar-refractivity contribution in [1.29, 1.82) is 0 Å². The standard InChI is InChI=1S/C17H14N2O2/c20-16-14-4-2-1-3-13(14)5-6-15(16)17(21)19-11-12-7-9-18-10-8-12/h1-10,20H,11H2,(H,19,21). The zero-order valence-electron chi connectivity index (χ0n) is 11.3. The lowest BCUT2D eigenvalue weighted by Crippen LogP contribution is -2.22. The normalized spacial score (nSPS) is 10.5. The van der Waals surface area contributed by atoms with Crippen molar-refractivity contribution >= 4 is 16.7 Å². The Morgan fingerprint density at radius 3 is 2.62 bits per heavy atom. The lowest BCUT2D eigenvalue weighted by atomic mass is 10.0. The smallest absolute Gasteiger partial charge is 0.255 e. The molecule has 0 aliphatic carbocycles. The number of hydrogen-bond acceptors (Lipinski definition) is 3. The fourth-order valence-electron chi connectivity index (χ4n) is 2.22. The molecule has 3 aromatic rings. The summed E-state index contributed by atoms with van der Waals surface area (Å²) in [6.45, 7) is 0.396. The van der Waals surface area contributed by atoms with E-state index in [0.29, 0.717) is 11.9 Å². The highest BCUT2D eigenvalue weighted by Gasteiger charge is 2.13. The van der Waals surface area contributed by atoms with Crippen LogP contribution in [0.5, 0.6) is 5.75 Å². The SMILES string of the molecule is O=C(NCc1ccncc1)c1ccc2ccccc2c1O. The predicted molar refractivity (Wildman–Crippen MR) is 81.0 cm³/mol. The minimum absolute atomic E-state index is 0.0142. The van der Waals surface area contributed by atoms with Gasteiger partial charge in [0, 0.05) is 24.3 Å². The Hall–Kier alpha value is -2.88. The molecule has 0 saturated heterocycles. The summed E-state index contributed by atoms with van der Waals surface area (Å²) in [5.74, 6) is -0.282. The third kappa shape index (κ3) is 2.69. The quantitative estimate of drug-likeness (QED) is 0.774. The second-order valence-electron chi connectivity index (χ2n) is 4.72. The Kier molecular flexibility index (Phi) is 3.51. The average molecular weight is 278 g/mol.